The van der Waals surface area contributed by atoms with Crippen LogP contribution in [0.15, 0.2) is 18.2 Å². The van der Waals surface area contributed by atoms with E-state index in [4.69, 9.17) is 26.8 Å². The van der Waals surface area contributed by atoms with Crippen molar-refractivity contribution in [2.45, 2.75) is 0 Å². The fourth-order valence-corrected chi connectivity index (χ4v) is 1.93. The Bertz CT molecular complexity index is 368. The van der Waals surface area contributed by atoms with Crippen LogP contribution < -0.4 is 10.5 Å². The van der Waals surface area contributed by atoms with Crippen LogP contribution in [-0.4, -0.2) is 44.4 Å². The van der Waals surface area contributed by atoms with E-state index in [1.807, 2.05) is 12.1 Å². The van der Waals surface area contributed by atoms with Crippen molar-refractivity contribution in [3.8, 4) is 5.75 Å². The summed E-state index contributed by atoms with van der Waals surface area (Å²) in [6.45, 7) is 5.04. The maximum atomic E-state index is 6.03. The molecular formula is C12H17ClN2O2. The van der Waals surface area contributed by atoms with Gasteiger partial charge in [-0.15, -0.1) is 0 Å². The number of nitrogen functional groups attached to an aromatic ring is 1. The smallest absolute Gasteiger partial charge is 0.140 e. The van der Waals surface area contributed by atoms with Gasteiger partial charge in [0.15, 0.2) is 0 Å². The van der Waals surface area contributed by atoms with Gasteiger partial charge in [0, 0.05) is 19.6 Å². The fourth-order valence-electron chi connectivity index (χ4n) is 1.75. The van der Waals surface area contributed by atoms with Crippen molar-refractivity contribution in [3.05, 3.63) is 23.2 Å². The summed E-state index contributed by atoms with van der Waals surface area (Å²) in [4.78, 5) is 2.31. The first-order valence-electron chi connectivity index (χ1n) is 5.74. The summed E-state index contributed by atoms with van der Waals surface area (Å²) >= 11 is 6.03. The Labute approximate surface area is 106 Å². The van der Waals surface area contributed by atoms with E-state index in [1.165, 1.54) is 0 Å². The molecule has 0 bridgehead atoms. The number of benzene rings is 1. The number of nitrogens with two attached hydrogens (primary N) is 1. The Kier molecular flexibility index (Phi) is 4.48. The molecule has 0 atom stereocenters. The normalized spacial score (nSPS) is 17.0. The lowest BCUT2D eigenvalue weighted by atomic mass is 10.3. The molecule has 0 aliphatic carbocycles. The van der Waals surface area contributed by atoms with Crippen LogP contribution >= 0.6 is 11.6 Å². The summed E-state index contributed by atoms with van der Waals surface area (Å²) in [6.07, 6.45) is 0. The third kappa shape index (κ3) is 3.49. The van der Waals surface area contributed by atoms with E-state index in [2.05, 4.69) is 4.90 Å². The molecule has 4 nitrogen and oxygen atoms in total. The minimum absolute atomic E-state index is 0.495. The first-order valence-corrected chi connectivity index (χ1v) is 6.12. The molecule has 1 heterocycles. The maximum Gasteiger partial charge on any atom is 0.140 e. The molecule has 0 saturated carbocycles. The maximum absolute atomic E-state index is 6.03. The van der Waals surface area contributed by atoms with E-state index in [9.17, 15) is 0 Å². The van der Waals surface area contributed by atoms with Gasteiger partial charge in [0.1, 0.15) is 17.4 Å². The molecule has 1 aliphatic heterocycles. The molecule has 0 aromatic heterocycles. The summed E-state index contributed by atoms with van der Waals surface area (Å²) in [5.41, 5.74) is 6.25. The lowest BCUT2D eigenvalue weighted by molar-refractivity contribution is 0.0322. The number of halogens is 1. The summed E-state index contributed by atoms with van der Waals surface area (Å²) in [7, 11) is 0. The highest BCUT2D eigenvalue weighted by atomic mass is 35.5. The van der Waals surface area contributed by atoms with Crippen LogP contribution in [0.1, 0.15) is 0 Å². The Morgan fingerprint density at radius 3 is 2.88 bits per heavy atom. The van der Waals surface area contributed by atoms with Gasteiger partial charge in [-0.1, -0.05) is 17.7 Å². The molecule has 0 spiro atoms. The molecule has 2 rings (SSSR count). The van der Waals surface area contributed by atoms with Crippen LogP contribution in [0, 0.1) is 0 Å². The zero-order valence-electron chi connectivity index (χ0n) is 9.69. The molecule has 94 valence electrons. The van der Waals surface area contributed by atoms with Crippen molar-refractivity contribution in [1.82, 2.24) is 4.90 Å². The van der Waals surface area contributed by atoms with Gasteiger partial charge in [0.05, 0.1) is 18.9 Å². The number of nitrogens with zero attached hydrogens (tertiary/aromatic N) is 1. The van der Waals surface area contributed by atoms with Crippen molar-refractivity contribution in [1.29, 1.82) is 0 Å². The minimum atomic E-state index is 0.495. The highest BCUT2D eigenvalue weighted by molar-refractivity contribution is 6.34. The third-order valence-electron chi connectivity index (χ3n) is 2.76. The Balaban J connectivity index is 1.79. The van der Waals surface area contributed by atoms with Gasteiger partial charge in [0.25, 0.3) is 0 Å². The van der Waals surface area contributed by atoms with Crippen LogP contribution in [0.5, 0.6) is 5.75 Å². The van der Waals surface area contributed by atoms with Crippen molar-refractivity contribution < 1.29 is 9.47 Å². The summed E-state index contributed by atoms with van der Waals surface area (Å²) in [5, 5.41) is 0.495. The molecule has 0 unspecified atom stereocenters. The van der Waals surface area contributed by atoms with E-state index in [-0.39, 0.29) is 0 Å². The second-order valence-electron chi connectivity index (χ2n) is 3.96. The van der Waals surface area contributed by atoms with Crippen LogP contribution in [0.25, 0.3) is 0 Å². The van der Waals surface area contributed by atoms with Gasteiger partial charge < -0.3 is 15.2 Å². The molecule has 1 aromatic rings. The molecule has 2 N–H and O–H groups in total. The predicted molar refractivity (Wildman–Crippen MR) is 68.6 cm³/mol. The molecule has 17 heavy (non-hydrogen) atoms. The quantitative estimate of drug-likeness (QED) is 0.832. The van der Waals surface area contributed by atoms with Gasteiger partial charge in [-0.2, -0.15) is 0 Å². The highest BCUT2D eigenvalue weighted by Crippen LogP contribution is 2.29. The van der Waals surface area contributed by atoms with E-state index in [0.717, 1.165) is 32.8 Å². The molecule has 1 fully saturated rings. The highest BCUT2D eigenvalue weighted by Gasteiger charge is 2.10. The second-order valence-corrected chi connectivity index (χ2v) is 4.34. The van der Waals surface area contributed by atoms with Crippen molar-refractivity contribution in [2.24, 2.45) is 0 Å². The molecule has 1 aliphatic rings. The predicted octanol–water partition coefficient (Wildman–Crippen LogP) is 1.63. The lowest BCUT2D eigenvalue weighted by Gasteiger charge is -2.26. The molecule has 0 amide bonds. The van der Waals surface area contributed by atoms with E-state index in [0.29, 0.717) is 23.1 Å². The summed E-state index contributed by atoms with van der Waals surface area (Å²) in [6, 6.07) is 5.43. The van der Waals surface area contributed by atoms with Gasteiger partial charge in [-0.25, -0.2) is 0 Å². The number of hydrogen-bond donors (Lipinski definition) is 1. The van der Waals surface area contributed by atoms with E-state index in [1.54, 1.807) is 6.07 Å². The second kappa shape index (κ2) is 6.10. The molecule has 1 aromatic carbocycles. The minimum Gasteiger partial charge on any atom is -0.491 e. The number of rotatable bonds is 4. The SMILES string of the molecule is Nc1cccc(OCCN2CCOCC2)c1Cl. The molecular weight excluding hydrogens is 240 g/mol. The van der Waals surface area contributed by atoms with Crippen LogP contribution in [-0.2, 0) is 4.74 Å². The van der Waals surface area contributed by atoms with Crippen LogP contribution in [0.2, 0.25) is 5.02 Å². The van der Waals surface area contributed by atoms with Gasteiger partial charge in [-0.05, 0) is 12.1 Å². The van der Waals surface area contributed by atoms with E-state index >= 15 is 0 Å². The average Bonchev–Trinajstić information content (AvgIpc) is 2.36. The Morgan fingerprint density at radius 2 is 2.12 bits per heavy atom. The Hall–Kier alpha value is -0.970. The van der Waals surface area contributed by atoms with Gasteiger partial charge in [0.2, 0.25) is 0 Å². The first-order chi connectivity index (χ1) is 8.27. The zero-order valence-corrected chi connectivity index (χ0v) is 10.4. The number of morpholine rings is 1. The first kappa shape index (κ1) is 12.5. The lowest BCUT2D eigenvalue weighted by Crippen LogP contribution is -2.38. The number of ether oxygens (including phenoxy) is 2. The fraction of sp³-hybridized carbons (Fsp3) is 0.500. The topological polar surface area (TPSA) is 47.7 Å². The third-order valence-corrected chi connectivity index (χ3v) is 3.17. The molecule has 0 radical (unpaired) electrons. The van der Waals surface area contributed by atoms with Crippen molar-refractivity contribution >= 4 is 17.3 Å². The summed E-state index contributed by atoms with van der Waals surface area (Å²) < 4.78 is 10.9. The summed E-state index contributed by atoms with van der Waals surface area (Å²) in [5.74, 6) is 0.653. The standard InChI is InChI=1S/C12H17ClN2O2/c13-12-10(14)2-1-3-11(12)17-9-6-15-4-7-16-8-5-15/h1-3H,4-9,14H2. The largest absolute Gasteiger partial charge is 0.491 e. The van der Waals surface area contributed by atoms with Crippen molar-refractivity contribution in [2.75, 3.05) is 45.2 Å². The molecule has 5 heteroatoms. The molecule has 1 saturated heterocycles. The van der Waals surface area contributed by atoms with Crippen LogP contribution in [0.4, 0.5) is 5.69 Å². The zero-order chi connectivity index (χ0) is 12.1. The Morgan fingerprint density at radius 1 is 1.35 bits per heavy atom. The van der Waals surface area contributed by atoms with Crippen molar-refractivity contribution in [3.63, 3.8) is 0 Å². The monoisotopic (exact) mass is 256 g/mol. The number of hydrogen-bond acceptors (Lipinski definition) is 4. The van der Waals surface area contributed by atoms with Gasteiger partial charge in [-0.3, -0.25) is 4.90 Å². The number of anilines is 1. The average molecular weight is 257 g/mol. The van der Waals surface area contributed by atoms with E-state index < -0.39 is 0 Å². The van der Waals surface area contributed by atoms with Gasteiger partial charge >= 0.3 is 0 Å². The van der Waals surface area contributed by atoms with Crippen LogP contribution in [0.3, 0.4) is 0 Å².